The molecule has 1 heterocycles. The van der Waals surface area contributed by atoms with Crippen LogP contribution in [-0.2, 0) is 0 Å². The SMILES string of the molecule is CCN(c1cc(N)ncn1)C(C)C. The van der Waals surface area contributed by atoms with Crippen molar-refractivity contribution >= 4 is 11.6 Å². The summed E-state index contributed by atoms with van der Waals surface area (Å²) in [5, 5.41) is 0. The van der Waals surface area contributed by atoms with Crippen molar-refractivity contribution in [2.45, 2.75) is 26.8 Å². The van der Waals surface area contributed by atoms with Crippen LogP contribution in [0.2, 0.25) is 0 Å². The van der Waals surface area contributed by atoms with Gasteiger partial charge in [-0.3, -0.25) is 0 Å². The first-order chi connectivity index (χ1) is 6.15. The molecule has 4 nitrogen and oxygen atoms in total. The predicted molar refractivity (Wildman–Crippen MR) is 54.6 cm³/mol. The second-order valence-electron chi connectivity index (χ2n) is 3.18. The highest BCUT2D eigenvalue weighted by atomic mass is 15.2. The van der Waals surface area contributed by atoms with Gasteiger partial charge < -0.3 is 10.6 Å². The lowest BCUT2D eigenvalue weighted by atomic mass is 10.3. The van der Waals surface area contributed by atoms with E-state index in [0.717, 1.165) is 12.4 Å². The van der Waals surface area contributed by atoms with Gasteiger partial charge in [0.25, 0.3) is 0 Å². The molecule has 72 valence electrons. The first kappa shape index (κ1) is 9.77. The summed E-state index contributed by atoms with van der Waals surface area (Å²) in [6.07, 6.45) is 1.50. The minimum atomic E-state index is 0.430. The second kappa shape index (κ2) is 4.07. The molecule has 0 amide bonds. The van der Waals surface area contributed by atoms with Crippen LogP contribution in [0.5, 0.6) is 0 Å². The Hall–Kier alpha value is -1.32. The summed E-state index contributed by atoms with van der Waals surface area (Å²) in [4.78, 5) is 10.2. The third-order valence-electron chi connectivity index (χ3n) is 1.93. The lowest BCUT2D eigenvalue weighted by molar-refractivity contribution is 0.692. The molecule has 1 aromatic heterocycles. The van der Waals surface area contributed by atoms with E-state index in [-0.39, 0.29) is 0 Å². The Labute approximate surface area is 78.8 Å². The molecule has 4 heteroatoms. The molecule has 0 unspecified atom stereocenters. The van der Waals surface area contributed by atoms with Gasteiger partial charge in [-0.15, -0.1) is 0 Å². The number of nitrogens with zero attached hydrogens (tertiary/aromatic N) is 3. The molecule has 0 saturated carbocycles. The Bertz CT molecular complexity index is 272. The van der Waals surface area contributed by atoms with Gasteiger partial charge in [0, 0.05) is 18.7 Å². The molecule has 0 bridgehead atoms. The molecule has 1 rings (SSSR count). The highest BCUT2D eigenvalue weighted by Gasteiger charge is 2.09. The molecule has 0 spiro atoms. The molecular weight excluding hydrogens is 164 g/mol. The third kappa shape index (κ3) is 2.31. The minimum Gasteiger partial charge on any atom is -0.384 e. The van der Waals surface area contributed by atoms with Gasteiger partial charge in [0.2, 0.25) is 0 Å². The summed E-state index contributed by atoms with van der Waals surface area (Å²) in [6, 6.07) is 2.23. The fourth-order valence-electron chi connectivity index (χ4n) is 1.31. The molecule has 0 aliphatic carbocycles. The fourth-order valence-corrected chi connectivity index (χ4v) is 1.31. The van der Waals surface area contributed by atoms with Gasteiger partial charge in [-0.1, -0.05) is 0 Å². The van der Waals surface area contributed by atoms with Crippen LogP contribution in [0.15, 0.2) is 12.4 Å². The van der Waals surface area contributed by atoms with Crippen molar-refractivity contribution < 1.29 is 0 Å². The number of nitrogens with two attached hydrogens (primary N) is 1. The summed E-state index contributed by atoms with van der Waals surface area (Å²) in [6.45, 7) is 7.27. The van der Waals surface area contributed by atoms with E-state index >= 15 is 0 Å². The first-order valence-electron chi connectivity index (χ1n) is 4.49. The van der Waals surface area contributed by atoms with Crippen LogP contribution < -0.4 is 10.6 Å². The summed E-state index contributed by atoms with van der Waals surface area (Å²) in [5.74, 6) is 1.41. The van der Waals surface area contributed by atoms with Crippen molar-refractivity contribution in [3.8, 4) is 0 Å². The Balaban J connectivity index is 2.91. The van der Waals surface area contributed by atoms with Gasteiger partial charge in [-0.05, 0) is 20.8 Å². The zero-order valence-electron chi connectivity index (χ0n) is 8.36. The molecule has 0 aliphatic heterocycles. The summed E-state index contributed by atoms with van der Waals surface area (Å²) in [7, 11) is 0. The maximum atomic E-state index is 5.57. The standard InChI is InChI=1S/C9H16N4/c1-4-13(7(2)3)9-5-8(10)11-6-12-9/h5-7H,4H2,1-3H3,(H2,10,11,12). The van der Waals surface area contributed by atoms with Gasteiger partial charge in [-0.25, -0.2) is 9.97 Å². The average Bonchev–Trinajstić information content (AvgIpc) is 2.04. The number of rotatable bonds is 3. The third-order valence-corrected chi connectivity index (χ3v) is 1.93. The van der Waals surface area contributed by atoms with Crippen molar-refractivity contribution in [3.63, 3.8) is 0 Å². The first-order valence-corrected chi connectivity index (χ1v) is 4.49. The summed E-state index contributed by atoms with van der Waals surface area (Å²) in [5.41, 5.74) is 5.57. The van der Waals surface area contributed by atoms with Gasteiger partial charge in [-0.2, -0.15) is 0 Å². The van der Waals surface area contributed by atoms with Gasteiger partial charge >= 0.3 is 0 Å². The van der Waals surface area contributed by atoms with E-state index in [1.54, 1.807) is 6.07 Å². The van der Waals surface area contributed by atoms with Crippen LogP contribution in [0.1, 0.15) is 20.8 Å². The fraction of sp³-hybridized carbons (Fsp3) is 0.556. The Morgan fingerprint density at radius 2 is 2.15 bits per heavy atom. The van der Waals surface area contributed by atoms with E-state index in [9.17, 15) is 0 Å². The van der Waals surface area contributed by atoms with E-state index in [4.69, 9.17) is 5.73 Å². The highest BCUT2D eigenvalue weighted by molar-refractivity contribution is 5.46. The van der Waals surface area contributed by atoms with E-state index in [0.29, 0.717) is 11.9 Å². The topological polar surface area (TPSA) is 55.0 Å². The van der Waals surface area contributed by atoms with Crippen molar-refractivity contribution in [2.75, 3.05) is 17.2 Å². The number of hydrogen-bond donors (Lipinski definition) is 1. The normalized spacial score (nSPS) is 10.5. The van der Waals surface area contributed by atoms with E-state index in [1.807, 2.05) is 0 Å². The van der Waals surface area contributed by atoms with Crippen LogP contribution >= 0.6 is 0 Å². The zero-order valence-corrected chi connectivity index (χ0v) is 8.36. The predicted octanol–water partition coefficient (Wildman–Crippen LogP) is 1.29. The number of hydrogen-bond acceptors (Lipinski definition) is 4. The molecule has 0 fully saturated rings. The smallest absolute Gasteiger partial charge is 0.134 e. The Kier molecular flexibility index (Phi) is 3.06. The second-order valence-corrected chi connectivity index (χ2v) is 3.18. The zero-order chi connectivity index (χ0) is 9.84. The van der Waals surface area contributed by atoms with Gasteiger partial charge in [0.15, 0.2) is 0 Å². The number of nitrogen functional groups attached to an aromatic ring is 1. The molecule has 0 atom stereocenters. The lowest BCUT2D eigenvalue weighted by Crippen LogP contribution is -2.31. The molecular formula is C9H16N4. The molecule has 13 heavy (non-hydrogen) atoms. The largest absolute Gasteiger partial charge is 0.384 e. The minimum absolute atomic E-state index is 0.430. The van der Waals surface area contributed by atoms with Gasteiger partial charge in [0.05, 0.1) is 0 Å². The van der Waals surface area contributed by atoms with E-state index < -0.39 is 0 Å². The quantitative estimate of drug-likeness (QED) is 0.761. The van der Waals surface area contributed by atoms with Crippen LogP contribution in [0.25, 0.3) is 0 Å². The monoisotopic (exact) mass is 180 g/mol. The van der Waals surface area contributed by atoms with Crippen LogP contribution in [0.4, 0.5) is 11.6 Å². The number of anilines is 2. The van der Waals surface area contributed by atoms with Crippen molar-refractivity contribution in [3.05, 3.63) is 12.4 Å². The molecule has 2 N–H and O–H groups in total. The molecule has 0 saturated heterocycles. The molecule has 0 aliphatic rings. The van der Waals surface area contributed by atoms with Crippen molar-refractivity contribution in [1.82, 2.24) is 9.97 Å². The van der Waals surface area contributed by atoms with E-state index in [1.165, 1.54) is 6.33 Å². The molecule has 0 radical (unpaired) electrons. The maximum Gasteiger partial charge on any atom is 0.134 e. The molecule has 1 aromatic rings. The highest BCUT2D eigenvalue weighted by Crippen LogP contribution is 2.14. The number of aromatic nitrogens is 2. The Morgan fingerprint density at radius 3 is 2.62 bits per heavy atom. The lowest BCUT2D eigenvalue weighted by Gasteiger charge is -2.25. The van der Waals surface area contributed by atoms with Gasteiger partial charge in [0.1, 0.15) is 18.0 Å². The van der Waals surface area contributed by atoms with Crippen LogP contribution in [0.3, 0.4) is 0 Å². The summed E-state index contributed by atoms with van der Waals surface area (Å²) >= 11 is 0. The maximum absolute atomic E-state index is 5.57. The van der Waals surface area contributed by atoms with Crippen LogP contribution in [0, 0.1) is 0 Å². The van der Waals surface area contributed by atoms with Crippen molar-refractivity contribution in [2.24, 2.45) is 0 Å². The average molecular weight is 180 g/mol. The Morgan fingerprint density at radius 1 is 1.46 bits per heavy atom. The molecule has 0 aromatic carbocycles. The summed E-state index contributed by atoms with van der Waals surface area (Å²) < 4.78 is 0. The van der Waals surface area contributed by atoms with Crippen molar-refractivity contribution in [1.29, 1.82) is 0 Å². The van der Waals surface area contributed by atoms with E-state index in [2.05, 4.69) is 35.6 Å². The van der Waals surface area contributed by atoms with Crippen LogP contribution in [-0.4, -0.2) is 22.6 Å².